The summed E-state index contributed by atoms with van der Waals surface area (Å²) in [4.78, 5) is 0. The van der Waals surface area contributed by atoms with Crippen molar-refractivity contribution in [1.29, 1.82) is 0 Å². The molecule has 0 aromatic heterocycles. The highest BCUT2D eigenvalue weighted by atomic mass is 16.5. The lowest BCUT2D eigenvalue weighted by Crippen LogP contribution is -1.86. The van der Waals surface area contributed by atoms with E-state index in [9.17, 15) is 5.11 Å². The molecule has 0 atom stereocenters. The third kappa shape index (κ3) is 1.70. The van der Waals surface area contributed by atoms with Crippen molar-refractivity contribution in [2.24, 2.45) is 0 Å². The third-order valence-electron chi connectivity index (χ3n) is 1.58. The lowest BCUT2D eigenvalue weighted by molar-refractivity contribution is 0.406. The molecular weight excluding hydrogens is 152 g/mol. The molecule has 0 aliphatic heterocycles. The Bertz CT molecular complexity index is 310. The van der Waals surface area contributed by atoms with Crippen molar-refractivity contribution in [3.8, 4) is 23.8 Å². The Morgan fingerprint density at radius 1 is 1.58 bits per heavy atom. The molecule has 1 rings (SSSR count). The van der Waals surface area contributed by atoms with Crippen LogP contribution in [0.1, 0.15) is 5.56 Å². The van der Waals surface area contributed by atoms with Gasteiger partial charge >= 0.3 is 0 Å². The van der Waals surface area contributed by atoms with Gasteiger partial charge in [0.1, 0.15) is 11.5 Å². The zero-order valence-corrected chi connectivity index (χ0v) is 6.87. The molecule has 62 valence electrons. The Kier molecular flexibility index (Phi) is 2.60. The minimum atomic E-state index is 0.187. The van der Waals surface area contributed by atoms with Crippen molar-refractivity contribution in [3.63, 3.8) is 0 Å². The fourth-order valence-electron chi connectivity index (χ4n) is 0.930. The number of methoxy groups -OCH3 is 1. The summed E-state index contributed by atoms with van der Waals surface area (Å²) in [5.74, 6) is 3.28. The first-order valence-corrected chi connectivity index (χ1v) is 3.57. The Labute approximate surface area is 71.8 Å². The predicted octanol–water partition coefficient (Wildman–Crippen LogP) is 1.58. The van der Waals surface area contributed by atoms with Crippen LogP contribution in [0.4, 0.5) is 0 Å². The molecule has 0 amide bonds. The van der Waals surface area contributed by atoms with Crippen LogP contribution in [0.2, 0.25) is 0 Å². The molecule has 0 bridgehead atoms. The Morgan fingerprint density at radius 2 is 2.33 bits per heavy atom. The van der Waals surface area contributed by atoms with Gasteiger partial charge in [0.25, 0.3) is 0 Å². The van der Waals surface area contributed by atoms with Crippen LogP contribution in [-0.2, 0) is 6.42 Å². The number of phenolic OH excluding ortho intramolecular Hbond substituents is 1. The van der Waals surface area contributed by atoms with Crippen LogP contribution >= 0.6 is 0 Å². The molecule has 2 heteroatoms. The van der Waals surface area contributed by atoms with E-state index in [1.54, 1.807) is 25.3 Å². The molecule has 0 aliphatic rings. The molecule has 1 N–H and O–H groups in total. The van der Waals surface area contributed by atoms with Gasteiger partial charge < -0.3 is 9.84 Å². The summed E-state index contributed by atoms with van der Waals surface area (Å²) in [6, 6.07) is 5.08. The quantitative estimate of drug-likeness (QED) is 0.669. The Hall–Kier alpha value is -1.62. The van der Waals surface area contributed by atoms with Gasteiger partial charge in [0.2, 0.25) is 0 Å². The Morgan fingerprint density at radius 3 is 2.83 bits per heavy atom. The highest BCUT2D eigenvalue weighted by Gasteiger charge is 2.00. The van der Waals surface area contributed by atoms with Crippen molar-refractivity contribution in [3.05, 3.63) is 23.8 Å². The van der Waals surface area contributed by atoms with Crippen LogP contribution in [0.5, 0.6) is 11.5 Å². The normalized spacial score (nSPS) is 9.00. The van der Waals surface area contributed by atoms with Crippen LogP contribution in [-0.4, -0.2) is 12.2 Å². The molecule has 2 nitrogen and oxygen atoms in total. The van der Waals surface area contributed by atoms with Gasteiger partial charge in [-0.05, 0) is 6.07 Å². The second-order valence-corrected chi connectivity index (χ2v) is 2.38. The molecule has 0 saturated carbocycles. The van der Waals surface area contributed by atoms with Crippen LogP contribution in [0.25, 0.3) is 0 Å². The smallest absolute Gasteiger partial charge is 0.123 e. The van der Waals surface area contributed by atoms with Crippen molar-refractivity contribution >= 4 is 0 Å². The first-order valence-electron chi connectivity index (χ1n) is 3.57. The summed E-state index contributed by atoms with van der Waals surface area (Å²) in [5.41, 5.74) is 0.748. The van der Waals surface area contributed by atoms with E-state index in [2.05, 4.69) is 5.92 Å². The molecule has 0 unspecified atom stereocenters. The van der Waals surface area contributed by atoms with Crippen molar-refractivity contribution in [2.45, 2.75) is 6.42 Å². The van der Waals surface area contributed by atoms with Crippen molar-refractivity contribution < 1.29 is 9.84 Å². The zero-order valence-electron chi connectivity index (χ0n) is 6.87. The van der Waals surface area contributed by atoms with Gasteiger partial charge in [-0.15, -0.1) is 12.3 Å². The molecule has 0 heterocycles. The fourth-order valence-corrected chi connectivity index (χ4v) is 0.930. The number of aromatic hydroxyl groups is 1. The highest BCUT2D eigenvalue weighted by Crippen LogP contribution is 2.23. The molecule has 1 aromatic carbocycles. The van der Waals surface area contributed by atoms with E-state index in [-0.39, 0.29) is 5.75 Å². The molecule has 12 heavy (non-hydrogen) atoms. The van der Waals surface area contributed by atoms with E-state index in [0.717, 1.165) is 5.56 Å². The number of hydrogen-bond acceptors (Lipinski definition) is 2. The SMILES string of the molecule is C#CCc1ccc(OC)cc1O. The third-order valence-corrected chi connectivity index (χ3v) is 1.58. The maximum Gasteiger partial charge on any atom is 0.123 e. The second-order valence-electron chi connectivity index (χ2n) is 2.38. The Balaban J connectivity index is 2.97. The van der Waals surface area contributed by atoms with E-state index in [0.29, 0.717) is 12.2 Å². The number of benzene rings is 1. The lowest BCUT2D eigenvalue weighted by atomic mass is 10.1. The maximum absolute atomic E-state index is 9.38. The van der Waals surface area contributed by atoms with Crippen LogP contribution in [0.15, 0.2) is 18.2 Å². The van der Waals surface area contributed by atoms with E-state index < -0.39 is 0 Å². The molecule has 0 aliphatic carbocycles. The number of rotatable bonds is 2. The maximum atomic E-state index is 9.38. The second kappa shape index (κ2) is 3.68. The van der Waals surface area contributed by atoms with Gasteiger partial charge in [-0.25, -0.2) is 0 Å². The first kappa shape index (κ1) is 8.48. The van der Waals surface area contributed by atoms with Gasteiger partial charge in [-0.1, -0.05) is 6.07 Å². The summed E-state index contributed by atoms with van der Waals surface area (Å²) < 4.78 is 4.92. The number of phenols is 1. The summed E-state index contributed by atoms with van der Waals surface area (Å²) in [6.07, 6.45) is 5.55. The van der Waals surface area contributed by atoms with Gasteiger partial charge in [-0.2, -0.15) is 0 Å². The van der Waals surface area contributed by atoms with E-state index in [1.165, 1.54) is 0 Å². The number of ether oxygens (including phenoxy) is 1. The van der Waals surface area contributed by atoms with Crippen LogP contribution < -0.4 is 4.74 Å². The molecule has 0 radical (unpaired) electrons. The van der Waals surface area contributed by atoms with Gasteiger partial charge in [-0.3, -0.25) is 0 Å². The summed E-state index contributed by atoms with van der Waals surface area (Å²) in [7, 11) is 1.55. The molecule has 0 saturated heterocycles. The number of terminal acetylenes is 1. The van der Waals surface area contributed by atoms with E-state index >= 15 is 0 Å². The summed E-state index contributed by atoms with van der Waals surface area (Å²) >= 11 is 0. The van der Waals surface area contributed by atoms with E-state index in [4.69, 9.17) is 11.2 Å². The zero-order chi connectivity index (χ0) is 8.97. The molecule has 0 spiro atoms. The summed E-state index contributed by atoms with van der Waals surface area (Å²) in [5, 5.41) is 9.38. The van der Waals surface area contributed by atoms with Crippen molar-refractivity contribution in [1.82, 2.24) is 0 Å². The van der Waals surface area contributed by atoms with Crippen LogP contribution in [0, 0.1) is 12.3 Å². The highest BCUT2D eigenvalue weighted by molar-refractivity contribution is 5.41. The molecule has 0 fully saturated rings. The average molecular weight is 162 g/mol. The van der Waals surface area contributed by atoms with Crippen molar-refractivity contribution in [2.75, 3.05) is 7.11 Å². The predicted molar refractivity (Wildman–Crippen MR) is 47.2 cm³/mol. The lowest BCUT2D eigenvalue weighted by Gasteiger charge is -2.03. The topological polar surface area (TPSA) is 29.5 Å². The van der Waals surface area contributed by atoms with Gasteiger partial charge in [0.15, 0.2) is 0 Å². The number of hydrogen-bond donors (Lipinski definition) is 1. The minimum Gasteiger partial charge on any atom is -0.507 e. The van der Waals surface area contributed by atoms with Crippen LogP contribution in [0.3, 0.4) is 0 Å². The summed E-state index contributed by atoms with van der Waals surface area (Å²) in [6.45, 7) is 0. The molecule has 1 aromatic rings. The standard InChI is InChI=1S/C10H10O2/c1-3-4-8-5-6-9(12-2)7-10(8)11/h1,5-7,11H,4H2,2H3. The first-order chi connectivity index (χ1) is 5.77. The average Bonchev–Trinajstić information content (AvgIpc) is 2.09. The van der Waals surface area contributed by atoms with Gasteiger partial charge in [0, 0.05) is 18.1 Å². The van der Waals surface area contributed by atoms with E-state index in [1.807, 2.05) is 0 Å². The fraction of sp³-hybridized carbons (Fsp3) is 0.200. The largest absolute Gasteiger partial charge is 0.507 e. The molecular formula is C10H10O2. The van der Waals surface area contributed by atoms with Gasteiger partial charge in [0.05, 0.1) is 7.11 Å². The minimum absolute atomic E-state index is 0.187. The monoisotopic (exact) mass is 162 g/mol.